The number of allylic oxidation sites excluding steroid dienone is 1. The summed E-state index contributed by atoms with van der Waals surface area (Å²) >= 11 is 0. The molecule has 4 rings (SSSR count). The highest BCUT2D eigenvalue weighted by molar-refractivity contribution is 5.41. The summed E-state index contributed by atoms with van der Waals surface area (Å²) in [4.78, 5) is 0. The Kier molecular flexibility index (Phi) is 2.78. The minimum atomic E-state index is -0.283. The average molecular weight is 284 g/mol. The van der Waals surface area contributed by atoms with Crippen LogP contribution >= 0.6 is 0 Å². The number of rotatable bonds is 0. The van der Waals surface area contributed by atoms with Crippen molar-refractivity contribution in [2.24, 2.45) is 17.3 Å². The fraction of sp³-hybridized carbons (Fsp3) is 0.579. The third kappa shape index (κ3) is 1.75. The molecular formula is C19H24O2. The molecular weight excluding hydrogens is 260 g/mol. The third-order valence-electron chi connectivity index (χ3n) is 6.64. The molecule has 2 heteroatoms. The second kappa shape index (κ2) is 4.36. The van der Waals surface area contributed by atoms with E-state index in [1.807, 2.05) is 12.1 Å². The van der Waals surface area contributed by atoms with E-state index in [1.54, 1.807) is 6.07 Å². The zero-order valence-corrected chi connectivity index (χ0v) is 12.7. The highest BCUT2D eigenvalue weighted by atomic mass is 16.3. The third-order valence-corrected chi connectivity index (χ3v) is 6.64. The lowest BCUT2D eigenvalue weighted by Crippen LogP contribution is -2.47. The molecule has 2 saturated carbocycles. The van der Waals surface area contributed by atoms with Crippen LogP contribution in [0.2, 0.25) is 0 Å². The van der Waals surface area contributed by atoms with E-state index in [1.165, 1.54) is 23.1 Å². The lowest BCUT2D eigenvalue weighted by Gasteiger charge is -2.51. The molecule has 5 atom stereocenters. The summed E-state index contributed by atoms with van der Waals surface area (Å²) in [6.45, 7) is 6.61. The SMILES string of the molecule is C=C1CC[C@H]2[C@@H]3CCc4cc(O)ccc4[C@H]3[C@H](O)C[C@]12C. The minimum absolute atomic E-state index is 0.134. The van der Waals surface area contributed by atoms with Gasteiger partial charge in [0.15, 0.2) is 0 Å². The van der Waals surface area contributed by atoms with Gasteiger partial charge < -0.3 is 10.2 Å². The number of aryl methyl sites for hydroxylation is 1. The molecule has 3 aliphatic rings. The second-order valence-corrected chi connectivity index (χ2v) is 7.55. The van der Waals surface area contributed by atoms with Gasteiger partial charge in [-0.05, 0) is 72.6 Å². The van der Waals surface area contributed by atoms with Crippen LogP contribution in [0.1, 0.15) is 49.7 Å². The fourth-order valence-corrected chi connectivity index (χ4v) is 5.55. The van der Waals surface area contributed by atoms with Crippen molar-refractivity contribution >= 4 is 0 Å². The molecule has 21 heavy (non-hydrogen) atoms. The zero-order valence-electron chi connectivity index (χ0n) is 12.7. The summed E-state index contributed by atoms with van der Waals surface area (Å²) in [6.07, 6.45) is 5.08. The van der Waals surface area contributed by atoms with E-state index in [4.69, 9.17) is 0 Å². The van der Waals surface area contributed by atoms with E-state index in [9.17, 15) is 10.2 Å². The van der Waals surface area contributed by atoms with E-state index >= 15 is 0 Å². The van der Waals surface area contributed by atoms with Crippen LogP contribution in [0.3, 0.4) is 0 Å². The van der Waals surface area contributed by atoms with E-state index in [0.717, 1.165) is 25.7 Å². The molecule has 0 heterocycles. The number of phenolic OH excluding ortho intramolecular Hbond substituents is 1. The summed E-state index contributed by atoms with van der Waals surface area (Å²) in [6, 6.07) is 5.70. The summed E-state index contributed by atoms with van der Waals surface area (Å²) in [5.74, 6) is 1.82. The Morgan fingerprint density at radius 2 is 2.05 bits per heavy atom. The highest BCUT2D eigenvalue weighted by Gasteiger charge is 2.55. The van der Waals surface area contributed by atoms with E-state index in [0.29, 0.717) is 17.6 Å². The number of hydrogen-bond donors (Lipinski definition) is 2. The van der Waals surface area contributed by atoms with Gasteiger partial charge in [0, 0.05) is 5.92 Å². The van der Waals surface area contributed by atoms with Gasteiger partial charge in [-0.3, -0.25) is 0 Å². The van der Waals surface area contributed by atoms with Gasteiger partial charge in [-0.15, -0.1) is 0 Å². The number of phenols is 1. The molecule has 0 aromatic heterocycles. The minimum Gasteiger partial charge on any atom is -0.508 e. The van der Waals surface area contributed by atoms with Gasteiger partial charge in [0.25, 0.3) is 0 Å². The first kappa shape index (κ1) is 13.4. The van der Waals surface area contributed by atoms with Gasteiger partial charge in [0.05, 0.1) is 6.10 Å². The summed E-state index contributed by atoms with van der Waals surface area (Å²) in [7, 11) is 0. The largest absolute Gasteiger partial charge is 0.508 e. The van der Waals surface area contributed by atoms with Gasteiger partial charge >= 0.3 is 0 Å². The molecule has 0 radical (unpaired) electrons. The van der Waals surface area contributed by atoms with Crippen molar-refractivity contribution in [3.63, 3.8) is 0 Å². The number of aliphatic hydroxyl groups is 1. The first-order chi connectivity index (χ1) is 10.0. The molecule has 2 fully saturated rings. The van der Waals surface area contributed by atoms with Crippen molar-refractivity contribution in [2.45, 2.75) is 51.0 Å². The number of aromatic hydroxyl groups is 1. The van der Waals surface area contributed by atoms with Crippen molar-refractivity contribution in [2.75, 3.05) is 0 Å². The number of fused-ring (bicyclic) bond motifs is 5. The summed E-state index contributed by atoms with van der Waals surface area (Å²) in [5.41, 5.74) is 3.99. The van der Waals surface area contributed by atoms with Crippen molar-refractivity contribution in [1.29, 1.82) is 0 Å². The lowest BCUT2D eigenvalue weighted by atomic mass is 9.54. The monoisotopic (exact) mass is 284 g/mol. The lowest BCUT2D eigenvalue weighted by molar-refractivity contribution is -0.0239. The second-order valence-electron chi connectivity index (χ2n) is 7.55. The molecule has 3 aliphatic carbocycles. The van der Waals surface area contributed by atoms with Crippen molar-refractivity contribution in [1.82, 2.24) is 0 Å². The smallest absolute Gasteiger partial charge is 0.115 e. The Hall–Kier alpha value is -1.28. The molecule has 112 valence electrons. The van der Waals surface area contributed by atoms with Crippen LogP contribution in [0.15, 0.2) is 30.4 Å². The van der Waals surface area contributed by atoms with Gasteiger partial charge in [0.1, 0.15) is 5.75 Å². The molecule has 2 N–H and O–H groups in total. The van der Waals surface area contributed by atoms with Crippen LogP contribution < -0.4 is 0 Å². The maximum atomic E-state index is 10.8. The van der Waals surface area contributed by atoms with Crippen LogP contribution in [-0.4, -0.2) is 16.3 Å². The topological polar surface area (TPSA) is 40.5 Å². The first-order valence-electron chi connectivity index (χ1n) is 8.19. The van der Waals surface area contributed by atoms with E-state index < -0.39 is 0 Å². The normalized spacial score (nSPS) is 41.3. The Labute approximate surface area is 126 Å². The zero-order chi connectivity index (χ0) is 14.8. The molecule has 0 bridgehead atoms. The van der Waals surface area contributed by atoms with Crippen LogP contribution in [0.4, 0.5) is 0 Å². The average Bonchev–Trinajstić information content (AvgIpc) is 2.74. The summed E-state index contributed by atoms with van der Waals surface area (Å²) in [5, 5.41) is 20.5. The molecule has 1 aromatic rings. The van der Waals surface area contributed by atoms with Crippen LogP contribution in [0, 0.1) is 17.3 Å². The van der Waals surface area contributed by atoms with Crippen molar-refractivity contribution in [3.8, 4) is 5.75 Å². The molecule has 0 saturated heterocycles. The molecule has 0 aliphatic heterocycles. The maximum absolute atomic E-state index is 10.8. The maximum Gasteiger partial charge on any atom is 0.115 e. The van der Waals surface area contributed by atoms with E-state index in [2.05, 4.69) is 13.5 Å². The van der Waals surface area contributed by atoms with Crippen LogP contribution in [-0.2, 0) is 6.42 Å². The molecule has 1 aromatic carbocycles. The van der Waals surface area contributed by atoms with Crippen molar-refractivity contribution < 1.29 is 10.2 Å². The van der Waals surface area contributed by atoms with E-state index in [-0.39, 0.29) is 17.4 Å². The molecule has 0 spiro atoms. The predicted octanol–water partition coefficient (Wildman–Crippen LogP) is 3.78. The Bertz CT molecular complexity index is 606. The number of benzene rings is 1. The van der Waals surface area contributed by atoms with Gasteiger partial charge in [-0.2, -0.15) is 0 Å². The highest BCUT2D eigenvalue weighted by Crippen LogP contribution is 2.62. The Morgan fingerprint density at radius 1 is 1.24 bits per heavy atom. The van der Waals surface area contributed by atoms with Gasteiger partial charge in [0.2, 0.25) is 0 Å². The Balaban J connectivity index is 1.78. The number of hydrogen-bond acceptors (Lipinski definition) is 2. The molecule has 0 unspecified atom stereocenters. The van der Waals surface area contributed by atoms with Crippen LogP contribution in [0.25, 0.3) is 0 Å². The van der Waals surface area contributed by atoms with Gasteiger partial charge in [-0.1, -0.05) is 25.1 Å². The predicted molar refractivity (Wildman–Crippen MR) is 83.3 cm³/mol. The molecule has 2 nitrogen and oxygen atoms in total. The number of aliphatic hydroxyl groups excluding tert-OH is 1. The van der Waals surface area contributed by atoms with Crippen molar-refractivity contribution in [3.05, 3.63) is 41.5 Å². The van der Waals surface area contributed by atoms with Gasteiger partial charge in [-0.25, -0.2) is 0 Å². The Morgan fingerprint density at radius 3 is 2.86 bits per heavy atom. The molecule has 0 amide bonds. The first-order valence-corrected chi connectivity index (χ1v) is 8.19. The fourth-order valence-electron chi connectivity index (χ4n) is 5.55. The van der Waals surface area contributed by atoms with Crippen LogP contribution in [0.5, 0.6) is 5.75 Å². The summed E-state index contributed by atoms with van der Waals surface area (Å²) < 4.78 is 0. The quantitative estimate of drug-likeness (QED) is 0.712. The standard InChI is InChI=1S/C19H24O2/c1-11-3-8-16-15-6-4-12-9-13(20)5-7-14(12)18(15)17(21)10-19(11,16)2/h5,7,9,15-18,20-21H,1,3-4,6,8,10H2,2H3/t15-,16-,17+,18+,19+/m0/s1.